The van der Waals surface area contributed by atoms with Crippen LogP contribution in [0.5, 0.6) is 0 Å². The second kappa shape index (κ2) is 3.99. The van der Waals surface area contributed by atoms with Crippen molar-refractivity contribution in [3.8, 4) is 11.1 Å². The Morgan fingerprint density at radius 1 is 0.810 bits per heavy atom. The van der Waals surface area contributed by atoms with Crippen molar-refractivity contribution in [1.82, 2.24) is 0 Å². The molecule has 1 fully saturated rings. The standard InChI is InChI=1S/C19H12Br2/c20-11-4-5-12-13-6-7-17(21)14-2-1-3-15(18(13)14)19(8-9-19)16(12)10-11/h1-7,10H,8-9H2. The van der Waals surface area contributed by atoms with Crippen LogP contribution in [0.4, 0.5) is 0 Å². The molecule has 0 saturated heterocycles. The summed E-state index contributed by atoms with van der Waals surface area (Å²) in [4.78, 5) is 0. The van der Waals surface area contributed by atoms with E-state index in [1.54, 1.807) is 0 Å². The highest BCUT2D eigenvalue weighted by Gasteiger charge is 2.50. The highest BCUT2D eigenvalue weighted by molar-refractivity contribution is 9.11. The van der Waals surface area contributed by atoms with E-state index >= 15 is 0 Å². The molecule has 2 aliphatic carbocycles. The van der Waals surface area contributed by atoms with E-state index in [9.17, 15) is 0 Å². The van der Waals surface area contributed by atoms with E-state index in [1.165, 1.54) is 54.8 Å². The first-order chi connectivity index (χ1) is 10.2. The maximum Gasteiger partial charge on any atom is 0.0254 e. The highest BCUT2D eigenvalue weighted by atomic mass is 79.9. The molecule has 0 bridgehead atoms. The van der Waals surface area contributed by atoms with Crippen LogP contribution in [0.1, 0.15) is 24.0 Å². The molecular weight excluding hydrogens is 388 g/mol. The predicted octanol–water partition coefficient (Wildman–Crippen LogP) is 6.43. The average Bonchev–Trinajstić information content (AvgIpc) is 3.28. The first-order valence-corrected chi connectivity index (χ1v) is 8.81. The normalized spacial score (nSPS) is 17.0. The number of hydrogen-bond donors (Lipinski definition) is 0. The first-order valence-electron chi connectivity index (χ1n) is 7.23. The summed E-state index contributed by atoms with van der Waals surface area (Å²) < 4.78 is 2.37. The van der Waals surface area contributed by atoms with Crippen LogP contribution in [0.25, 0.3) is 21.9 Å². The Labute approximate surface area is 140 Å². The fourth-order valence-electron chi connectivity index (χ4n) is 3.95. The van der Waals surface area contributed by atoms with Crippen molar-refractivity contribution < 1.29 is 0 Å². The quantitative estimate of drug-likeness (QED) is 0.408. The lowest BCUT2D eigenvalue weighted by Crippen LogP contribution is -2.15. The molecule has 1 spiro atoms. The minimum atomic E-state index is 0.256. The van der Waals surface area contributed by atoms with Crippen LogP contribution in [0.15, 0.2) is 57.5 Å². The van der Waals surface area contributed by atoms with E-state index in [4.69, 9.17) is 0 Å². The zero-order chi connectivity index (χ0) is 14.2. The second-order valence-electron chi connectivity index (χ2n) is 6.10. The summed E-state index contributed by atoms with van der Waals surface area (Å²) in [6, 6.07) is 18.0. The summed E-state index contributed by atoms with van der Waals surface area (Å²) in [5.74, 6) is 0. The van der Waals surface area contributed by atoms with Gasteiger partial charge in [-0.05, 0) is 64.1 Å². The summed E-state index contributed by atoms with van der Waals surface area (Å²) in [6.07, 6.45) is 2.53. The Kier molecular flexibility index (Phi) is 2.36. The number of fused-ring (bicyclic) bond motifs is 4. The highest BCUT2D eigenvalue weighted by Crippen LogP contribution is 2.61. The van der Waals surface area contributed by atoms with E-state index in [2.05, 4.69) is 80.4 Å². The minimum Gasteiger partial charge on any atom is -0.0613 e. The number of hydrogen-bond acceptors (Lipinski definition) is 0. The fraction of sp³-hybridized carbons (Fsp3) is 0.158. The van der Waals surface area contributed by atoms with Crippen molar-refractivity contribution in [1.29, 1.82) is 0 Å². The Bertz CT molecular complexity index is 920. The van der Waals surface area contributed by atoms with Gasteiger partial charge in [0.1, 0.15) is 0 Å². The number of halogens is 2. The molecule has 0 heterocycles. The second-order valence-corrected chi connectivity index (χ2v) is 7.87. The van der Waals surface area contributed by atoms with Crippen molar-refractivity contribution in [2.24, 2.45) is 0 Å². The van der Waals surface area contributed by atoms with Crippen LogP contribution in [-0.4, -0.2) is 0 Å². The molecule has 2 heteroatoms. The summed E-state index contributed by atoms with van der Waals surface area (Å²) in [5, 5.41) is 2.78. The van der Waals surface area contributed by atoms with E-state index in [0.29, 0.717) is 0 Å². The zero-order valence-corrected chi connectivity index (χ0v) is 14.5. The van der Waals surface area contributed by atoms with Gasteiger partial charge in [0.2, 0.25) is 0 Å². The van der Waals surface area contributed by atoms with Gasteiger partial charge in [0.25, 0.3) is 0 Å². The molecule has 102 valence electrons. The number of benzene rings is 3. The van der Waals surface area contributed by atoms with Gasteiger partial charge in [-0.1, -0.05) is 62.2 Å². The molecule has 0 radical (unpaired) electrons. The lowest BCUT2D eigenvalue weighted by atomic mass is 9.75. The molecule has 3 aromatic carbocycles. The van der Waals surface area contributed by atoms with Gasteiger partial charge in [-0.15, -0.1) is 0 Å². The first kappa shape index (κ1) is 12.4. The van der Waals surface area contributed by atoms with Gasteiger partial charge in [-0.2, -0.15) is 0 Å². The predicted molar refractivity (Wildman–Crippen MR) is 94.8 cm³/mol. The van der Waals surface area contributed by atoms with Gasteiger partial charge in [0, 0.05) is 14.4 Å². The van der Waals surface area contributed by atoms with E-state index in [-0.39, 0.29) is 5.41 Å². The van der Waals surface area contributed by atoms with Gasteiger partial charge >= 0.3 is 0 Å². The molecule has 0 aromatic heterocycles. The smallest absolute Gasteiger partial charge is 0.0254 e. The van der Waals surface area contributed by atoms with Gasteiger partial charge in [-0.3, -0.25) is 0 Å². The summed E-state index contributed by atoms with van der Waals surface area (Å²) in [6.45, 7) is 0. The molecule has 0 nitrogen and oxygen atoms in total. The molecule has 2 aliphatic rings. The van der Waals surface area contributed by atoms with E-state index in [1.807, 2.05) is 0 Å². The minimum absolute atomic E-state index is 0.256. The van der Waals surface area contributed by atoms with Gasteiger partial charge in [0.15, 0.2) is 0 Å². The summed E-state index contributed by atoms with van der Waals surface area (Å²) >= 11 is 7.37. The van der Waals surface area contributed by atoms with Crippen molar-refractivity contribution in [3.05, 3.63) is 68.6 Å². The zero-order valence-electron chi connectivity index (χ0n) is 11.3. The number of rotatable bonds is 0. The van der Waals surface area contributed by atoms with Gasteiger partial charge in [-0.25, -0.2) is 0 Å². The Hall–Kier alpha value is -1.12. The maximum atomic E-state index is 3.72. The fourth-order valence-corrected chi connectivity index (χ4v) is 4.77. The maximum absolute atomic E-state index is 3.72. The topological polar surface area (TPSA) is 0 Å². The summed E-state index contributed by atoms with van der Waals surface area (Å²) in [7, 11) is 0. The molecular formula is C19H12Br2. The third-order valence-corrected chi connectivity index (χ3v) is 6.23. The van der Waals surface area contributed by atoms with Crippen LogP contribution in [-0.2, 0) is 5.41 Å². The molecule has 5 rings (SSSR count). The van der Waals surface area contributed by atoms with Crippen LogP contribution in [0, 0.1) is 0 Å². The van der Waals surface area contributed by atoms with E-state index in [0.717, 1.165) is 0 Å². The average molecular weight is 400 g/mol. The van der Waals surface area contributed by atoms with Crippen LogP contribution in [0.2, 0.25) is 0 Å². The lowest BCUT2D eigenvalue weighted by molar-refractivity contribution is 0.852. The van der Waals surface area contributed by atoms with E-state index < -0.39 is 0 Å². The van der Waals surface area contributed by atoms with Crippen molar-refractivity contribution >= 4 is 42.6 Å². The SMILES string of the molecule is Brc1ccc2c(c1)C1(CC1)c1cccc3c(Br)ccc-2c13. The van der Waals surface area contributed by atoms with Crippen molar-refractivity contribution in [2.75, 3.05) is 0 Å². The third-order valence-electron chi connectivity index (χ3n) is 5.04. The van der Waals surface area contributed by atoms with Crippen LogP contribution in [0.3, 0.4) is 0 Å². The Morgan fingerprint density at radius 3 is 2.43 bits per heavy atom. The molecule has 1 saturated carbocycles. The molecule has 0 N–H and O–H groups in total. The Balaban J connectivity index is 2.03. The molecule has 0 aliphatic heterocycles. The molecule has 21 heavy (non-hydrogen) atoms. The third kappa shape index (κ3) is 1.50. The largest absolute Gasteiger partial charge is 0.0613 e. The molecule has 0 atom stereocenters. The molecule has 3 aromatic rings. The van der Waals surface area contributed by atoms with Crippen LogP contribution < -0.4 is 0 Å². The van der Waals surface area contributed by atoms with Crippen molar-refractivity contribution in [2.45, 2.75) is 18.3 Å². The van der Waals surface area contributed by atoms with Crippen LogP contribution >= 0.6 is 31.9 Å². The van der Waals surface area contributed by atoms with Crippen molar-refractivity contribution in [3.63, 3.8) is 0 Å². The summed E-state index contributed by atoms with van der Waals surface area (Å²) in [5.41, 5.74) is 6.06. The van der Waals surface area contributed by atoms with Gasteiger partial charge < -0.3 is 0 Å². The van der Waals surface area contributed by atoms with Gasteiger partial charge in [0.05, 0.1) is 0 Å². The lowest BCUT2D eigenvalue weighted by Gasteiger charge is -2.29. The Morgan fingerprint density at radius 2 is 1.62 bits per heavy atom. The molecule has 0 unspecified atom stereocenters. The monoisotopic (exact) mass is 398 g/mol. The molecule has 0 amide bonds.